The number of pyridine rings is 1. The Labute approximate surface area is 165 Å². The minimum Gasteiger partial charge on any atom is -0.355 e. The number of hydrogen-bond acceptors (Lipinski definition) is 5. The molecule has 138 valence electrons. The van der Waals surface area contributed by atoms with Crippen molar-refractivity contribution < 1.29 is 4.79 Å². The van der Waals surface area contributed by atoms with Crippen LogP contribution in [0.1, 0.15) is 16.8 Å². The highest BCUT2D eigenvalue weighted by molar-refractivity contribution is 9.10. The van der Waals surface area contributed by atoms with Gasteiger partial charge in [-0.05, 0) is 46.6 Å². The second-order valence-electron chi connectivity index (χ2n) is 6.29. The summed E-state index contributed by atoms with van der Waals surface area (Å²) >= 11 is 3.42. The second kappa shape index (κ2) is 7.87. The molecule has 3 aromatic rings. The van der Waals surface area contributed by atoms with Crippen molar-refractivity contribution >= 4 is 27.7 Å². The zero-order valence-corrected chi connectivity index (χ0v) is 16.3. The first-order valence-corrected chi connectivity index (χ1v) is 9.64. The van der Waals surface area contributed by atoms with E-state index in [1.807, 2.05) is 47.4 Å². The molecule has 0 aliphatic carbocycles. The predicted octanol–water partition coefficient (Wildman–Crippen LogP) is 2.78. The molecule has 1 aliphatic rings. The maximum atomic E-state index is 13.2. The fourth-order valence-electron chi connectivity index (χ4n) is 3.26. The number of hydrogen-bond donors (Lipinski definition) is 0. The summed E-state index contributed by atoms with van der Waals surface area (Å²) in [7, 11) is 0. The molecule has 1 aliphatic heterocycles. The number of aromatic nitrogens is 4. The van der Waals surface area contributed by atoms with Gasteiger partial charge in [-0.15, -0.1) is 0 Å². The summed E-state index contributed by atoms with van der Waals surface area (Å²) in [6.07, 6.45) is 4.11. The molecule has 7 nitrogen and oxygen atoms in total. The van der Waals surface area contributed by atoms with Gasteiger partial charge >= 0.3 is 0 Å². The van der Waals surface area contributed by atoms with Crippen molar-refractivity contribution in [3.05, 3.63) is 65.0 Å². The van der Waals surface area contributed by atoms with Crippen LogP contribution >= 0.6 is 15.9 Å². The van der Waals surface area contributed by atoms with E-state index in [0.717, 1.165) is 29.9 Å². The number of anilines is 1. The topological polar surface area (TPSA) is 67.2 Å². The van der Waals surface area contributed by atoms with Gasteiger partial charge in [0, 0.05) is 26.2 Å². The van der Waals surface area contributed by atoms with Crippen LogP contribution in [-0.4, -0.2) is 57.0 Å². The summed E-state index contributed by atoms with van der Waals surface area (Å²) in [6, 6.07) is 13.3. The van der Waals surface area contributed by atoms with Crippen molar-refractivity contribution in [1.82, 2.24) is 24.9 Å². The molecule has 0 radical (unpaired) electrons. The van der Waals surface area contributed by atoms with Crippen LogP contribution in [0.15, 0.2) is 59.5 Å². The number of carbonyl (C=O) groups excluding carboxylic acids is 1. The van der Waals surface area contributed by atoms with Gasteiger partial charge in [0.25, 0.3) is 5.91 Å². The smallest absolute Gasteiger partial charge is 0.256 e. The number of amides is 1. The van der Waals surface area contributed by atoms with Gasteiger partial charge in [0.1, 0.15) is 10.4 Å². The summed E-state index contributed by atoms with van der Waals surface area (Å²) in [5.41, 5.74) is 1.31. The van der Waals surface area contributed by atoms with Crippen LogP contribution < -0.4 is 4.90 Å². The van der Waals surface area contributed by atoms with Gasteiger partial charge in [-0.2, -0.15) is 15.0 Å². The van der Waals surface area contributed by atoms with Gasteiger partial charge in [-0.1, -0.05) is 18.2 Å². The molecule has 0 unspecified atom stereocenters. The Bertz CT molecular complexity index is 929. The van der Waals surface area contributed by atoms with Crippen LogP contribution in [0.4, 0.5) is 5.82 Å². The summed E-state index contributed by atoms with van der Waals surface area (Å²) in [5, 5.41) is 8.33. The molecule has 1 amide bonds. The zero-order valence-electron chi connectivity index (χ0n) is 14.7. The molecule has 27 heavy (non-hydrogen) atoms. The molecule has 4 rings (SSSR count). The minimum atomic E-state index is 0.00644. The van der Waals surface area contributed by atoms with Crippen LogP contribution in [0, 0.1) is 0 Å². The molecular formula is C19H19BrN6O. The Hall–Kier alpha value is -2.74. The lowest BCUT2D eigenvalue weighted by molar-refractivity contribution is 0.0766. The van der Waals surface area contributed by atoms with E-state index < -0.39 is 0 Å². The maximum Gasteiger partial charge on any atom is 0.256 e. The maximum absolute atomic E-state index is 13.2. The van der Waals surface area contributed by atoms with Crippen LogP contribution in [0.25, 0.3) is 5.69 Å². The third-order valence-corrected chi connectivity index (χ3v) is 5.02. The van der Waals surface area contributed by atoms with Crippen molar-refractivity contribution in [2.24, 2.45) is 0 Å². The van der Waals surface area contributed by atoms with Gasteiger partial charge < -0.3 is 9.80 Å². The van der Waals surface area contributed by atoms with E-state index in [4.69, 9.17) is 0 Å². The summed E-state index contributed by atoms with van der Waals surface area (Å²) in [5.74, 6) is 0.937. The van der Waals surface area contributed by atoms with Crippen molar-refractivity contribution in [2.75, 3.05) is 31.1 Å². The average molecular weight is 427 g/mol. The fourth-order valence-corrected chi connectivity index (χ4v) is 3.60. The van der Waals surface area contributed by atoms with Crippen LogP contribution in [0.5, 0.6) is 0 Å². The summed E-state index contributed by atoms with van der Waals surface area (Å²) < 4.78 is 0.817. The SMILES string of the molecule is O=C(c1ccccc1-n1nccn1)N1CCCN(c2cccc(Br)n2)CC1. The number of nitrogens with zero attached hydrogens (tertiary/aromatic N) is 6. The van der Waals surface area contributed by atoms with Crippen molar-refractivity contribution in [3.8, 4) is 5.69 Å². The predicted molar refractivity (Wildman–Crippen MR) is 106 cm³/mol. The monoisotopic (exact) mass is 426 g/mol. The summed E-state index contributed by atoms with van der Waals surface area (Å²) in [4.78, 5) is 23.3. The zero-order chi connectivity index (χ0) is 18.6. The van der Waals surface area contributed by atoms with Crippen LogP contribution in [-0.2, 0) is 0 Å². The lowest BCUT2D eigenvalue weighted by Crippen LogP contribution is -2.36. The Morgan fingerprint density at radius 2 is 1.74 bits per heavy atom. The van der Waals surface area contributed by atoms with E-state index in [2.05, 4.69) is 36.0 Å². The van der Waals surface area contributed by atoms with Gasteiger partial charge in [0.15, 0.2) is 0 Å². The highest BCUT2D eigenvalue weighted by atomic mass is 79.9. The Morgan fingerprint density at radius 3 is 2.56 bits per heavy atom. The first-order chi connectivity index (χ1) is 13.2. The fraction of sp³-hybridized carbons (Fsp3) is 0.263. The first-order valence-electron chi connectivity index (χ1n) is 8.85. The number of halogens is 1. The molecule has 1 aromatic carbocycles. The lowest BCUT2D eigenvalue weighted by atomic mass is 10.1. The van der Waals surface area contributed by atoms with Gasteiger partial charge in [0.05, 0.1) is 23.6 Å². The van der Waals surface area contributed by atoms with Crippen molar-refractivity contribution in [3.63, 3.8) is 0 Å². The van der Waals surface area contributed by atoms with E-state index in [1.54, 1.807) is 12.4 Å². The molecule has 1 fully saturated rings. The molecule has 3 heterocycles. The van der Waals surface area contributed by atoms with Gasteiger partial charge in [-0.25, -0.2) is 4.98 Å². The largest absolute Gasteiger partial charge is 0.355 e. The van der Waals surface area contributed by atoms with E-state index in [9.17, 15) is 4.79 Å². The molecule has 1 saturated heterocycles. The van der Waals surface area contributed by atoms with E-state index >= 15 is 0 Å². The number of rotatable bonds is 3. The standard InChI is InChI=1S/C19H19BrN6O/c20-17-7-3-8-18(23-17)24-11-4-12-25(14-13-24)19(27)15-5-1-2-6-16(15)26-21-9-10-22-26/h1-3,5-10H,4,11-14H2. The van der Waals surface area contributed by atoms with Crippen LogP contribution in [0.3, 0.4) is 0 Å². The molecule has 0 atom stereocenters. The highest BCUT2D eigenvalue weighted by Gasteiger charge is 2.23. The third-order valence-electron chi connectivity index (χ3n) is 4.58. The Kier molecular flexibility index (Phi) is 5.15. The number of carbonyl (C=O) groups is 1. The number of para-hydroxylation sites is 1. The molecular weight excluding hydrogens is 408 g/mol. The molecule has 0 bridgehead atoms. The molecule has 2 aromatic heterocycles. The molecule has 8 heteroatoms. The van der Waals surface area contributed by atoms with E-state index in [0.29, 0.717) is 24.3 Å². The quantitative estimate of drug-likeness (QED) is 0.602. The van der Waals surface area contributed by atoms with Crippen LogP contribution in [0.2, 0.25) is 0 Å². The van der Waals surface area contributed by atoms with Gasteiger partial charge in [-0.3, -0.25) is 4.79 Å². The molecule has 0 saturated carbocycles. The van der Waals surface area contributed by atoms with Crippen molar-refractivity contribution in [1.29, 1.82) is 0 Å². The minimum absolute atomic E-state index is 0.00644. The Morgan fingerprint density at radius 1 is 0.926 bits per heavy atom. The van der Waals surface area contributed by atoms with E-state index in [-0.39, 0.29) is 5.91 Å². The number of benzene rings is 1. The third kappa shape index (κ3) is 3.85. The Balaban J connectivity index is 1.53. The van der Waals surface area contributed by atoms with Gasteiger partial charge in [0.2, 0.25) is 0 Å². The highest BCUT2D eigenvalue weighted by Crippen LogP contribution is 2.19. The average Bonchev–Trinajstić information content (AvgIpc) is 3.12. The normalized spacial score (nSPS) is 14.9. The van der Waals surface area contributed by atoms with E-state index in [1.165, 1.54) is 4.80 Å². The first kappa shape index (κ1) is 17.7. The molecule has 0 spiro atoms. The summed E-state index contributed by atoms with van der Waals surface area (Å²) in [6.45, 7) is 2.98. The molecule has 0 N–H and O–H groups in total. The second-order valence-corrected chi connectivity index (χ2v) is 7.10. The van der Waals surface area contributed by atoms with Crippen molar-refractivity contribution in [2.45, 2.75) is 6.42 Å². The lowest BCUT2D eigenvalue weighted by Gasteiger charge is -2.23.